The summed E-state index contributed by atoms with van der Waals surface area (Å²) in [6.45, 7) is 0. The van der Waals surface area contributed by atoms with Crippen LogP contribution in [0.15, 0.2) is 109 Å². The van der Waals surface area contributed by atoms with Crippen molar-refractivity contribution in [3.8, 4) is 5.75 Å². The van der Waals surface area contributed by atoms with E-state index in [1.807, 2.05) is 0 Å². The number of hydrogen-bond acceptors (Lipinski definition) is 14. The number of benzene rings is 7. The maximum atomic E-state index is 14.4. The summed E-state index contributed by atoms with van der Waals surface area (Å²) in [7, 11) is 5.71. The molecule has 28 heteroatoms. The maximum Gasteiger partial charge on any atom is 0.261 e. The number of nitrogens with one attached hydrogen (secondary N) is 4. The number of nitrogens with zero attached hydrogens (tertiary/aromatic N) is 1. The summed E-state index contributed by atoms with van der Waals surface area (Å²) in [5.41, 5.74) is -6.42. The monoisotopic (exact) mass is 1550 g/mol. The molecule has 2 bridgehead atoms. The van der Waals surface area contributed by atoms with Crippen LogP contribution >= 0.6 is 81.2 Å². The van der Waals surface area contributed by atoms with E-state index in [0.29, 0.717) is 27.9 Å². The van der Waals surface area contributed by atoms with Crippen molar-refractivity contribution in [2.24, 2.45) is 5.41 Å². The molecule has 5 aliphatic carbocycles. The van der Waals surface area contributed by atoms with E-state index in [1.165, 1.54) is 67.8 Å². The lowest BCUT2D eigenvalue weighted by Crippen LogP contribution is -2.56. The number of methoxy groups -OCH3 is 1. The van der Waals surface area contributed by atoms with E-state index in [2.05, 4.69) is 40.3 Å². The molecule has 4 amide bonds. The Hall–Kier alpha value is -7.48. The molecule has 0 saturated heterocycles. The highest BCUT2D eigenvalue weighted by Crippen LogP contribution is 2.58. The van der Waals surface area contributed by atoms with Crippen molar-refractivity contribution in [3.63, 3.8) is 0 Å². The van der Waals surface area contributed by atoms with Crippen LogP contribution in [0.3, 0.4) is 0 Å². The highest BCUT2D eigenvalue weighted by atomic mass is 35.5. The van der Waals surface area contributed by atoms with Crippen molar-refractivity contribution in [1.82, 2.24) is 4.90 Å². The van der Waals surface area contributed by atoms with Gasteiger partial charge in [0.2, 0.25) is 0 Å². The van der Waals surface area contributed by atoms with Crippen molar-refractivity contribution < 1.29 is 76.7 Å². The number of Topliss-reactive ketones (excluding diaryl/α,β-unsaturated/α-hetero) is 4. The maximum absolute atomic E-state index is 14.4. The zero-order valence-electron chi connectivity index (χ0n) is 55.1. The molecule has 103 heavy (non-hydrogen) atoms. The lowest BCUT2D eigenvalue weighted by molar-refractivity contribution is -0.150. The molecule has 8 N–H and O–H groups in total. The number of carbonyl (C=O) groups is 8. The first-order valence-electron chi connectivity index (χ1n) is 32.7. The van der Waals surface area contributed by atoms with Crippen LogP contribution in [0.4, 0.5) is 35.9 Å². The van der Waals surface area contributed by atoms with Crippen LogP contribution < -0.4 is 26.0 Å². The molecule has 5 saturated carbocycles. The van der Waals surface area contributed by atoms with Gasteiger partial charge in [-0.2, -0.15) is 0 Å². The van der Waals surface area contributed by atoms with Gasteiger partial charge >= 0.3 is 0 Å². The first kappa shape index (κ1) is 75.2. The van der Waals surface area contributed by atoms with E-state index in [1.54, 1.807) is 36.4 Å². The third kappa shape index (κ3) is 13.9. The fourth-order valence-corrected chi connectivity index (χ4v) is 16.5. The third-order valence-corrected chi connectivity index (χ3v) is 23.2. The molecule has 4 unspecified atom stereocenters. The minimum atomic E-state index is -2.22. The number of aliphatic hydroxyl groups is 4. The normalized spacial score (nSPS) is 24.3. The molecule has 4 aliphatic heterocycles. The van der Waals surface area contributed by atoms with Crippen molar-refractivity contribution in [2.45, 2.75) is 130 Å². The molecule has 7 aromatic carbocycles. The van der Waals surface area contributed by atoms with Crippen LogP contribution in [0.2, 0.25) is 35.2 Å². The summed E-state index contributed by atoms with van der Waals surface area (Å²) < 4.78 is 47.4. The molecule has 7 aromatic rings. The van der Waals surface area contributed by atoms with Crippen LogP contribution in [-0.2, 0) is 46.4 Å². The van der Waals surface area contributed by atoms with E-state index in [4.69, 9.17) is 85.9 Å². The van der Waals surface area contributed by atoms with Gasteiger partial charge in [0.05, 0.1) is 69.8 Å². The zero-order chi connectivity index (χ0) is 74.4. The molecule has 0 aromatic heterocycles. The SMILES string of the molecule is CN(C)C12CCC(C(=O)CC3(O)C(=O)Nc4c(Cl)ccc(Cl)c43)(CC1)CC2.COc1ccc(C(=O)CC2(O)C(=O)Nc3c(F)ccc(Cl)c32)cc1.O=C(CC1(O)C(=O)Nc2c(Cl)ccc(Cl)c21)c1ccc(C2CC2)c(F)c1.O=C(CC1(O)C(=O)Nc2c(Cl)ccc(Cl)c21)c1ccc(C2CC2)cc1F. The molecule has 5 fully saturated rings. The molecule has 18 nitrogen and oxygen atoms in total. The number of hydrogen-bond donors (Lipinski definition) is 8. The van der Waals surface area contributed by atoms with Crippen molar-refractivity contribution in [2.75, 3.05) is 42.5 Å². The van der Waals surface area contributed by atoms with Gasteiger partial charge in [0, 0.05) is 70.8 Å². The molecular formula is C75H65Cl7F3N5O13. The van der Waals surface area contributed by atoms with E-state index in [0.717, 1.165) is 81.9 Å². The minimum absolute atomic E-state index is 0.00906. The summed E-state index contributed by atoms with van der Waals surface area (Å²) in [5, 5.41) is 54.7. The fraction of sp³-hybridized carbons (Fsp3) is 0.333. The van der Waals surface area contributed by atoms with Gasteiger partial charge in [-0.25, -0.2) is 13.2 Å². The topological polar surface area (TPSA) is 278 Å². The van der Waals surface area contributed by atoms with Gasteiger partial charge in [0.15, 0.2) is 39.8 Å². The number of carbonyl (C=O) groups excluding carboxylic acids is 8. The van der Waals surface area contributed by atoms with Gasteiger partial charge in [-0.3, -0.25) is 38.4 Å². The third-order valence-electron chi connectivity index (χ3n) is 21.0. The average molecular weight is 1550 g/mol. The van der Waals surface area contributed by atoms with Gasteiger partial charge in [-0.05, 0) is 192 Å². The fourth-order valence-electron chi connectivity index (χ4n) is 14.6. The molecule has 0 radical (unpaired) electrons. The van der Waals surface area contributed by atoms with E-state index in [9.17, 15) is 72.0 Å². The first-order chi connectivity index (χ1) is 48.6. The Morgan fingerprint density at radius 3 is 1.25 bits per heavy atom. The Morgan fingerprint density at radius 2 is 0.835 bits per heavy atom. The van der Waals surface area contributed by atoms with Crippen LogP contribution in [0.25, 0.3) is 0 Å². The molecule has 4 atom stereocenters. The molecule has 4 heterocycles. The second kappa shape index (κ2) is 28.4. The largest absolute Gasteiger partial charge is 0.497 e. The van der Waals surface area contributed by atoms with E-state index >= 15 is 0 Å². The van der Waals surface area contributed by atoms with Crippen molar-refractivity contribution >= 4 is 151 Å². The predicted molar refractivity (Wildman–Crippen MR) is 384 cm³/mol. The predicted octanol–water partition coefficient (Wildman–Crippen LogP) is 15.5. The van der Waals surface area contributed by atoms with Crippen molar-refractivity contribution in [3.05, 3.63) is 212 Å². The zero-order valence-corrected chi connectivity index (χ0v) is 60.4. The molecule has 538 valence electrons. The molecule has 16 rings (SSSR count). The summed E-state index contributed by atoms with van der Waals surface area (Å²) in [5.74, 6) is -5.58. The second-order valence-corrected chi connectivity index (χ2v) is 30.3. The number of amides is 4. The van der Waals surface area contributed by atoms with Crippen molar-refractivity contribution in [1.29, 1.82) is 0 Å². The number of rotatable bonds is 16. The summed E-state index contributed by atoms with van der Waals surface area (Å²) >= 11 is 42.8. The molecule has 9 aliphatic rings. The Morgan fingerprint density at radius 1 is 0.447 bits per heavy atom. The van der Waals surface area contributed by atoms with Crippen LogP contribution in [0.1, 0.15) is 166 Å². The van der Waals surface area contributed by atoms with Crippen LogP contribution in [-0.4, -0.2) is 98.8 Å². The number of fused-ring (bicyclic) bond motifs is 7. The lowest BCUT2D eigenvalue weighted by atomic mass is 9.54. The Labute approximate surface area is 623 Å². The van der Waals surface area contributed by atoms with E-state index in [-0.39, 0.29) is 110 Å². The molecule has 0 spiro atoms. The van der Waals surface area contributed by atoms with Gasteiger partial charge < -0.3 is 51.3 Å². The summed E-state index contributed by atoms with van der Waals surface area (Å²) in [6, 6.07) is 26.2. The van der Waals surface area contributed by atoms with Crippen LogP contribution in [0, 0.1) is 22.9 Å². The highest BCUT2D eigenvalue weighted by molar-refractivity contribution is 6.40. The van der Waals surface area contributed by atoms with E-state index < -0.39 is 106 Å². The van der Waals surface area contributed by atoms with Crippen LogP contribution in [0.5, 0.6) is 5.75 Å². The number of anilines is 4. The highest BCUT2D eigenvalue weighted by Gasteiger charge is 2.58. The Balaban J connectivity index is 0.000000130. The van der Waals surface area contributed by atoms with Gasteiger partial charge in [-0.1, -0.05) is 99.4 Å². The lowest BCUT2D eigenvalue weighted by Gasteiger charge is -2.55. The molecular weight excluding hydrogens is 1480 g/mol. The second-order valence-electron chi connectivity index (χ2n) is 27.4. The quantitative estimate of drug-likeness (QED) is 0.0418. The first-order valence-corrected chi connectivity index (χ1v) is 35.4. The minimum Gasteiger partial charge on any atom is -0.497 e. The average Bonchev–Trinajstić information content (AvgIpc) is 0.923. The smallest absolute Gasteiger partial charge is 0.261 e. The number of halogens is 10. The summed E-state index contributed by atoms with van der Waals surface area (Å²) in [4.78, 5) is 103. The van der Waals surface area contributed by atoms with Gasteiger partial charge in [-0.15, -0.1) is 0 Å². The number of ketones is 4. The Kier molecular flexibility index (Phi) is 20.8. The Bertz CT molecular complexity index is 4750. The van der Waals surface area contributed by atoms with Gasteiger partial charge in [0.1, 0.15) is 29.0 Å². The summed E-state index contributed by atoms with van der Waals surface area (Å²) in [6.07, 6.45) is 7.24. The van der Waals surface area contributed by atoms with Gasteiger partial charge in [0.25, 0.3) is 23.6 Å². The number of ether oxygens (including phenoxy) is 1. The standard InChI is InChI=1S/C20H24Cl2N2O3.2C19H14Cl2FNO3.C17H13ClFNO4/c1-24(2)19-8-5-18(6-9-19,7-10-19)14(25)11-20(27)15-12(21)3-4-13(22)16(15)23-17(20)26;20-12-5-6-13(21)17-16(12)19(26,18(25)23-17)8-15(24)10-3-4-11(9-1-2-9)14(22)7-10;20-12-5-6-13(21)17-16(12)19(26,18(25)23-17)8-15(24)11-4-3-10(7-14(11)22)9-1-2-9;1-24-10-4-2-9(3-5-10)13(21)8-17(23)14-11(18)6-7-12(19)15(14)20-16(17)22/h3-4,27H,5-11H2,1-2H3,(H,23,26);2*3-7,9,26H,1-2,8H2,(H,23,25);2-7,23H,8H2,1H3,(H,20,22).